The fourth-order valence-corrected chi connectivity index (χ4v) is 11.3. The Balaban J connectivity index is 0.808. The molecule has 14 rings (SSSR count). The van der Waals surface area contributed by atoms with Gasteiger partial charge in [-0.25, -0.2) is 0 Å². The van der Waals surface area contributed by atoms with Crippen LogP contribution in [0.15, 0.2) is 303 Å². The second kappa shape index (κ2) is 19.0. The monoisotopic (exact) mass is 970 g/mol. The fourth-order valence-electron chi connectivity index (χ4n) is 11.3. The SMILES string of the molecule is c1ccc(-c2ccc(-n3c4ccccc4c4ccc(N(c5ccccc5)c5ccc(-c6ccc(N(c7ccccc7)c7ccc8c9ccccc9n(-c9ccc(-c%10ccccc%10)cc9)c8c7)cc6)cc5)cc43)cc2)cc1. The van der Waals surface area contributed by atoms with E-state index in [1.807, 2.05) is 0 Å². The van der Waals surface area contributed by atoms with Gasteiger partial charge in [0.2, 0.25) is 0 Å². The molecule has 76 heavy (non-hydrogen) atoms. The summed E-state index contributed by atoms with van der Waals surface area (Å²) in [6.07, 6.45) is 0. The summed E-state index contributed by atoms with van der Waals surface area (Å²) in [7, 11) is 0. The van der Waals surface area contributed by atoms with Gasteiger partial charge in [0.05, 0.1) is 22.1 Å². The highest BCUT2D eigenvalue weighted by molar-refractivity contribution is 6.11. The molecule has 0 atom stereocenters. The van der Waals surface area contributed by atoms with Gasteiger partial charge < -0.3 is 18.9 Å². The number of benzene rings is 12. The van der Waals surface area contributed by atoms with Crippen molar-refractivity contribution in [3.05, 3.63) is 303 Å². The molecule has 4 heteroatoms. The number of aromatic nitrogens is 2. The van der Waals surface area contributed by atoms with Crippen molar-refractivity contribution in [1.29, 1.82) is 0 Å². The highest BCUT2D eigenvalue weighted by Crippen LogP contribution is 2.43. The predicted octanol–water partition coefficient (Wildman–Crippen LogP) is 19.8. The van der Waals surface area contributed by atoms with E-state index in [4.69, 9.17) is 0 Å². The molecule has 0 fully saturated rings. The minimum Gasteiger partial charge on any atom is -0.310 e. The van der Waals surface area contributed by atoms with Gasteiger partial charge in [-0.05, 0) is 143 Å². The van der Waals surface area contributed by atoms with E-state index >= 15 is 0 Å². The van der Waals surface area contributed by atoms with Gasteiger partial charge in [0.1, 0.15) is 0 Å². The number of para-hydroxylation sites is 4. The summed E-state index contributed by atoms with van der Waals surface area (Å²) in [6.45, 7) is 0. The molecule has 0 saturated carbocycles. The van der Waals surface area contributed by atoms with Crippen LogP contribution in [-0.4, -0.2) is 9.13 Å². The second-order valence-electron chi connectivity index (χ2n) is 19.4. The topological polar surface area (TPSA) is 16.3 Å². The molecule has 0 radical (unpaired) electrons. The molecule has 0 unspecified atom stereocenters. The average Bonchev–Trinajstić information content (AvgIpc) is 4.04. The van der Waals surface area contributed by atoms with Gasteiger partial charge in [-0.15, -0.1) is 0 Å². The second-order valence-corrected chi connectivity index (χ2v) is 19.4. The molecule has 0 aliphatic rings. The van der Waals surface area contributed by atoms with E-state index in [0.717, 1.165) is 67.7 Å². The molecular formula is C72H50N4. The van der Waals surface area contributed by atoms with Crippen LogP contribution in [-0.2, 0) is 0 Å². The standard InChI is InChI=1S/C72H50N4/c1-5-17-51(18-6-1)53-33-41-61(42-34-53)75-69-27-15-13-25-65(69)67-47-45-63(49-71(67)75)73(57-21-9-3-10-22-57)59-37-29-55(30-38-59)56-31-39-60(40-32-56)74(58-23-11-4-12-24-58)64-46-48-68-66-26-14-16-28-70(66)76(72(68)50-64)62-43-35-54(36-44-62)52-19-7-2-8-20-52/h1-50H. The molecule has 0 bridgehead atoms. The van der Waals surface area contributed by atoms with Crippen molar-refractivity contribution in [1.82, 2.24) is 9.13 Å². The maximum atomic E-state index is 2.40. The number of anilines is 6. The van der Waals surface area contributed by atoms with Gasteiger partial charge in [0, 0.05) is 67.0 Å². The molecule has 14 aromatic rings. The van der Waals surface area contributed by atoms with Gasteiger partial charge in [-0.3, -0.25) is 0 Å². The van der Waals surface area contributed by atoms with Crippen molar-refractivity contribution in [2.75, 3.05) is 9.80 Å². The summed E-state index contributed by atoms with van der Waals surface area (Å²) in [5.41, 5.74) is 20.6. The summed E-state index contributed by atoms with van der Waals surface area (Å²) in [6, 6.07) is 110. The van der Waals surface area contributed by atoms with Crippen LogP contribution >= 0.6 is 0 Å². The van der Waals surface area contributed by atoms with Crippen LogP contribution in [0.5, 0.6) is 0 Å². The third-order valence-electron chi connectivity index (χ3n) is 14.9. The molecule has 2 heterocycles. The lowest BCUT2D eigenvalue weighted by atomic mass is 10.0. The summed E-state index contributed by atoms with van der Waals surface area (Å²) < 4.78 is 4.81. The van der Waals surface area contributed by atoms with E-state index in [9.17, 15) is 0 Å². The Labute approximate surface area is 442 Å². The highest BCUT2D eigenvalue weighted by Gasteiger charge is 2.20. The van der Waals surface area contributed by atoms with Gasteiger partial charge in [-0.2, -0.15) is 0 Å². The first-order valence-electron chi connectivity index (χ1n) is 26.0. The Morgan fingerprint density at radius 2 is 0.447 bits per heavy atom. The van der Waals surface area contributed by atoms with Gasteiger partial charge >= 0.3 is 0 Å². The Morgan fingerprint density at radius 3 is 0.816 bits per heavy atom. The summed E-state index contributed by atoms with van der Waals surface area (Å²) in [5.74, 6) is 0. The van der Waals surface area contributed by atoms with Crippen LogP contribution in [0, 0.1) is 0 Å². The zero-order valence-electron chi connectivity index (χ0n) is 41.7. The van der Waals surface area contributed by atoms with E-state index in [2.05, 4.69) is 322 Å². The van der Waals surface area contributed by atoms with E-state index in [-0.39, 0.29) is 0 Å². The zero-order valence-corrected chi connectivity index (χ0v) is 41.7. The van der Waals surface area contributed by atoms with Gasteiger partial charge in [0.15, 0.2) is 0 Å². The largest absolute Gasteiger partial charge is 0.310 e. The number of rotatable bonds is 11. The van der Waals surface area contributed by atoms with Gasteiger partial charge in [0.25, 0.3) is 0 Å². The van der Waals surface area contributed by atoms with E-state index in [0.29, 0.717) is 0 Å². The quantitative estimate of drug-likeness (QED) is 0.128. The maximum absolute atomic E-state index is 2.40. The van der Waals surface area contributed by atoms with Crippen LogP contribution in [0.4, 0.5) is 34.1 Å². The third-order valence-corrected chi connectivity index (χ3v) is 14.9. The molecule has 0 aliphatic heterocycles. The lowest BCUT2D eigenvalue weighted by Crippen LogP contribution is -2.10. The summed E-state index contributed by atoms with van der Waals surface area (Å²) >= 11 is 0. The molecule has 0 aliphatic carbocycles. The van der Waals surface area contributed by atoms with Crippen molar-refractivity contribution >= 4 is 77.7 Å². The minimum atomic E-state index is 1.08. The molecule has 12 aromatic carbocycles. The Bertz CT molecular complexity index is 4050. The fraction of sp³-hybridized carbons (Fsp3) is 0. The highest BCUT2D eigenvalue weighted by atomic mass is 15.2. The summed E-state index contributed by atoms with van der Waals surface area (Å²) in [4.78, 5) is 4.72. The van der Waals surface area contributed by atoms with Gasteiger partial charge in [-0.1, -0.05) is 194 Å². The first-order chi connectivity index (χ1) is 37.7. The lowest BCUT2D eigenvalue weighted by molar-refractivity contribution is 1.18. The predicted molar refractivity (Wildman–Crippen MR) is 321 cm³/mol. The lowest BCUT2D eigenvalue weighted by Gasteiger charge is -2.26. The first-order valence-corrected chi connectivity index (χ1v) is 26.0. The Morgan fingerprint density at radius 1 is 0.184 bits per heavy atom. The van der Waals surface area contributed by atoms with Crippen LogP contribution in [0.3, 0.4) is 0 Å². The van der Waals surface area contributed by atoms with Crippen molar-refractivity contribution in [2.24, 2.45) is 0 Å². The third kappa shape index (κ3) is 7.97. The smallest absolute Gasteiger partial charge is 0.0561 e. The van der Waals surface area contributed by atoms with Crippen molar-refractivity contribution in [3.63, 3.8) is 0 Å². The van der Waals surface area contributed by atoms with E-state index in [1.165, 1.54) is 54.8 Å². The molecule has 358 valence electrons. The first kappa shape index (κ1) is 44.5. The Hall–Kier alpha value is -10.2. The van der Waals surface area contributed by atoms with Crippen molar-refractivity contribution in [2.45, 2.75) is 0 Å². The molecular weight excluding hydrogens is 921 g/mol. The molecule has 0 amide bonds. The maximum Gasteiger partial charge on any atom is 0.0561 e. The normalized spacial score (nSPS) is 11.4. The number of nitrogens with zero attached hydrogens (tertiary/aromatic N) is 4. The van der Waals surface area contributed by atoms with Crippen molar-refractivity contribution < 1.29 is 0 Å². The van der Waals surface area contributed by atoms with Crippen LogP contribution in [0.1, 0.15) is 0 Å². The molecule has 2 aromatic heterocycles. The van der Waals surface area contributed by atoms with E-state index in [1.54, 1.807) is 0 Å². The molecule has 4 nitrogen and oxygen atoms in total. The van der Waals surface area contributed by atoms with Crippen molar-refractivity contribution in [3.8, 4) is 44.8 Å². The zero-order chi connectivity index (χ0) is 50.4. The molecule has 0 N–H and O–H groups in total. The minimum absolute atomic E-state index is 1.08. The molecule has 0 saturated heterocycles. The molecule has 0 spiro atoms. The van der Waals surface area contributed by atoms with Crippen LogP contribution < -0.4 is 9.80 Å². The summed E-state index contributed by atoms with van der Waals surface area (Å²) in [5, 5.41) is 4.90. The average molecular weight is 971 g/mol. The number of hydrogen-bond donors (Lipinski definition) is 0. The van der Waals surface area contributed by atoms with Crippen LogP contribution in [0.25, 0.3) is 88.4 Å². The number of fused-ring (bicyclic) bond motifs is 6. The van der Waals surface area contributed by atoms with E-state index < -0.39 is 0 Å². The van der Waals surface area contributed by atoms with Crippen LogP contribution in [0.2, 0.25) is 0 Å². The number of hydrogen-bond acceptors (Lipinski definition) is 2. The Kier molecular flexibility index (Phi) is 11.2.